The summed E-state index contributed by atoms with van der Waals surface area (Å²) in [4.78, 5) is 4.40. The molecule has 2 nitrogen and oxygen atoms in total. The molecular weight excluding hydrogens is 204 g/mol. The van der Waals surface area contributed by atoms with Crippen LogP contribution in [0.4, 0.5) is 0 Å². The predicted molar refractivity (Wildman–Crippen MR) is 67.4 cm³/mol. The molecule has 0 aliphatic rings. The summed E-state index contributed by atoms with van der Waals surface area (Å²) in [6.45, 7) is 8.90. The highest BCUT2D eigenvalue weighted by Gasteiger charge is 2.26. The molecule has 3 heteroatoms. The molecule has 1 heterocycles. The summed E-state index contributed by atoms with van der Waals surface area (Å²) in [5.41, 5.74) is 3.57. The number of thiazole rings is 1. The topological polar surface area (TPSA) is 24.9 Å². The summed E-state index contributed by atoms with van der Waals surface area (Å²) < 4.78 is 0. The third-order valence-corrected chi connectivity index (χ3v) is 3.92. The van der Waals surface area contributed by atoms with Crippen molar-refractivity contribution in [3.63, 3.8) is 0 Å². The number of aromatic nitrogens is 1. The minimum atomic E-state index is 0.393. The van der Waals surface area contributed by atoms with Gasteiger partial charge in [0.05, 0.1) is 11.2 Å². The van der Waals surface area contributed by atoms with Crippen LogP contribution in [0.3, 0.4) is 0 Å². The fraction of sp³-hybridized carbons (Fsp3) is 0.750. The summed E-state index contributed by atoms with van der Waals surface area (Å²) in [5.74, 6) is 0. The monoisotopic (exact) mass is 226 g/mol. The van der Waals surface area contributed by atoms with E-state index >= 15 is 0 Å². The first-order valence-corrected chi connectivity index (χ1v) is 6.78. The molecule has 0 atom stereocenters. The van der Waals surface area contributed by atoms with Crippen molar-refractivity contribution in [3.8, 4) is 0 Å². The van der Waals surface area contributed by atoms with Crippen molar-refractivity contribution >= 4 is 11.3 Å². The van der Waals surface area contributed by atoms with Gasteiger partial charge in [-0.2, -0.15) is 0 Å². The highest BCUT2D eigenvalue weighted by molar-refractivity contribution is 7.07. The van der Waals surface area contributed by atoms with Crippen LogP contribution in [-0.2, 0) is 6.42 Å². The van der Waals surface area contributed by atoms with E-state index in [1.54, 1.807) is 11.3 Å². The first kappa shape index (κ1) is 12.7. The molecule has 0 amide bonds. The lowest BCUT2D eigenvalue weighted by molar-refractivity contribution is 0.246. The van der Waals surface area contributed by atoms with E-state index in [4.69, 9.17) is 0 Å². The van der Waals surface area contributed by atoms with Crippen molar-refractivity contribution in [2.24, 2.45) is 5.41 Å². The maximum atomic E-state index is 4.40. The maximum Gasteiger partial charge on any atom is 0.0794 e. The number of hydrogen-bond acceptors (Lipinski definition) is 3. The molecule has 0 bridgehead atoms. The van der Waals surface area contributed by atoms with Gasteiger partial charge in [0.2, 0.25) is 0 Å². The summed E-state index contributed by atoms with van der Waals surface area (Å²) in [6.07, 6.45) is 3.54. The van der Waals surface area contributed by atoms with Crippen molar-refractivity contribution in [3.05, 3.63) is 16.6 Å². The third kappa shape index (κ3) is 3.58. The highest BCUT2D eigenvalue weighted by Crippen LogP contribution is 2.30. The Labute approximate surface area is 97.1 Å². The quantitative estimate of drug-likeness (QED) is 0.773. The van der Waals surface area contributed by atoms with Crippen LogP contribution in [0, 0.1) is 5.41 Å². The van der Waals surface area contributed by atoms with E-state index in [-0.39, 0.29) is 0 Å². The number of hydrogen-bond donors (Lipinski definition) is 1. The molecule has 0 saturated heterocycles. The third-order valence-electron chi connectivity index (χ3n) is 3.29. The van der Waals surface area contributed by atoms with Gasteiger partial charge in [-0.1, -0.05) is 20.8 Å². The van der Waals surface area contributed by atoms with Gasteiger partial charge in [0.15, 0.2) is 0 Å². The summed E-state index contributed by atoms with van der Waals surface area (Å²) in [5, 5.41) is 5.65. The van der Waals surface area contributed by atoms with Gasteiger partial charge in [-0.25, -0.2) is 4.98 Å². The Morgan fingerprint density at radius 3 is 2.53 bits per heavy atom. The predicted octanol–water partition coefficient (Wildman–Crippen LogP) is 3.10. The van der Waals surface area contributed by atoms with E-state index in [0.29, 0.717) is 5.41 Å². The lowest BCUT2D eigenvalue weighted by Gasteiger charge is -2.31. The first-order chi connectivity index (χ1) is 7.26. The summed E-state index contributed by atoms with van der Waals surface area (Å²) in [6, 6.07) is 0. The normalized spacial score (nSPS) is 11.9. The second-order valence-corrected chi connectivity index (χ2v) is 4.86. The van der Waals surface area contributed by atoms with Crippen LogP contribution in [0.1, 0.15) is 39.3 Å². The van der Waals surface area contributed by atoms with Gasteiger partial charge in [-0.15, -0.1) is 11.3 Å². The first-order valence-electron chi connectivity index (χ1n) is 5.84. The Balaban J connectivity index is 2.63. The van der Waals surface area contributed by atoms with E-state index in [1.807, 2.05) is 5.51 Å². The van der Waals surface area contributed by atoms with Crippen molar-refractivity contribution in [1.82, 2.24) is 10.3 Å². The molecule has 0 aromatic carbocycles. The zero-order valence-electron chi connectivity index (χ0n) is 10.0. The zero-order chi connectivity index (χ0) is 11.1. The van der Waals surface area contributed by atoms with E-state index in [9.17, 15) is 0 Å². The maximum absolute atomic E-state index is 4.40. The fourth-order valence-corrected chi connectivity index (χ4v) is 2.47. The summed E-state index contributed by atoms with van der Waals surface area (Å²) in [7, 11) is 0. The van der Waals surface area contributed by atoms with Gasteiger partial charge in [0.25, 0.3) is 0 Å². The van der Waals surface area contributed by atoms with Crippen LogP contribution < -0.4 is 5.32 Å². The van der Waals surface area contributed by atoms with Gasteiger partial charge >= 0.3 is 0 Å². The molecule has 1 aromatic rings. The van der Waals surface area contributed by atoms with Crippen molar-refractivity contribution in [2.45, 2.75) is 40.0 Å². The van der Waals surface area contributed by atoms with Crippen molar-refractivity contribution in [1.29, 1.82) is 0 Å². The van der Waals surface area contributed by atoms with Crippen LogP contribution in [0.15, 0.2) is 10.9 Å². The molecule has 1 aromatic heterocycles. The lowest BCUT2D eigenvalue weighted by Crippen LogP contribution is -2.35. The number of rotatable bonds is 7. The molecule has 15 heavy (non-hydrogen) atoms. The van der Waals surface area contributed by atoms with Crippen LogP contribution in [0.25, 0.3) is 0 Å². The molecular formula is C12H22N2S. The lowest BCUT2D eigenvalue weighted by atomic mass is 9.78. The molecule has 0 unspecified atom stereocenters. The van der Waals surface area contributed by atoms with Gasteiger partial charge in [0, 0.05) is 11.9 Å². The van der Waals surface area contributed by atoms with Gasteiger partial charge in [-0.3, -0.25) is 0 Å². The molecule has 1 rings (SSSR count). The molecule has 0 saturated carbocycles. The molecule has 0 spiro atoms. The Morgan fingerprint density at radius 2 is 2.07 bits per heavy atom. The van der Waals surface area contributed by atoms with E-state index in [0.717, 1.165) is 19.5 Å². The molecule has 86 valence electrons. The zero-order valence-corrected chi connectivity index (χ0v) is 10.9. The van der Waals surface area contributed by atoms with E-state index in [1.165, 1.54) is 18.5 Å². The Hall–Kier alpha value is -0.410. The molecule has 1 N–H and O–H groups in total. The van der Waals surface area contributed by atoms with Crippen LogP contribution in [0.2, 0.25) is 0 Å². The van der Waals surface area contributed by atoms with Crippen molar-refractivity contribution in [2.75, 3.05) is 13.1 Å². The Bertz CT molecular complexity index is 253. The fourth-order valence-electron chi connectivity index (χ4n) is 1.91. The molecule has 0 aliphatic carbocycles. The second kappa shape index (κ2) is 6.23. The number of nitrogens with zero attached hydrogens (tertiary/aromatic N) is 1. The molecule has 0 radical (unpaired) electrons. The van der Waals surface area contributed by atoms with Crippen molar-refractivity contribution < 1.29 is 0 Å². The second-order valence-electron chi connectivity index (χ2n) is 4.14. The smallest absolute Gasteiger partial charge is 0.0794 e. The van der Waals surface area contributed by atoms with Gasteiger partial charge in [0.1, 0.15) is 0 Å². The van der Waals surface area contributed by atoms with E-state index in [2.05, 4.69) is 36.5 Å². The minimum Gasteiger partial charge on any atom is -0.316 e. The minimum absolute atomic E-state index is 0.393. The largest absolute Gasteiger partial charge is 0.316 e. The van der Waals surface area contributed by atoms with Gasteiger partial charge < -0.3 is 5.32 Å². The highest BCUT2D eigenvalue weighted by atomic mass is 32.1. The Kier molecular flexibility index (Phi) is 5.26. The number of nitrogens with one attached hydrogen (secondary N) is 1. The average molecular weight is 226 g/mol. The summed E-state index contributed by atoms with van der Waals surface area (Å²) >= 11 is 1.69. The average Bonchev–Trinajstić information content (AvgIpc) is 2.77. The SMILES string of the molecule is CCNCC(CC)(CC)Cc1cscn1. The Morgan fingerprint density at radius 1 is 1.33 bits per heavy atom. The van der Waals surface area contributed by atoms with Crippen LogP contribution in [0.5, 0.6) is 0 Å². The molecule has 0 aliphatic heterocycles. The van der Waals surface area contributed by atoms with Crippen LogP contribution in [-0.4, -0.2) is 18.1 Å². The standard InChI is InChI=1S/C12H22N2S/c1-4-12(5-2,9-13-6-3)7-11-8-15-10-14-11/h8,10,13H,4-7,9H2,1-3H3. The van der Waals surface area contributed by atoms with E-state index < -0.39 is 0 Å². The molecule has 0 fully saturated rings. The van der Waals surface area contributed by atoms with Crippen LogP contribution >= 0.6 is 11.3 Å². The van der Waals surface area contributed by atoms with Gasteiger partial charge in [-0.05, 0) is 31.2 Å².